The van der Waals surface area contributed by atoms with Crippen molar-refractivity contribution in [3.05, 3.63) is 35.9 Å². The Bertz CT molecular complexity index is 325. The van der Waals surface area contributed by atoms with E-state index in [4.69, 9.17) is 14.2 Å². The van der Waals surface area contributed by atoms with Crippen LogP contribution < -0.4 is 0 Å². The molecule has 1 aliphatic rings. The Morgan fingerprint density at radius 1 is 1.24 bits per heavy atom. The molecule has 3 atom stereocenters. The number of ether oxygens (including phenoxy) is 3. The molecule has 3 nitrogen and oxygen atoms in total. The van der Waals surface area contributed by atoms with Gasteiger partial charge in [-0.15, -0.1) is 0 Å². The highest BCUT2D eigenvalue weighted by molar-refractivity contribution is 5.13. The summed E-state index contributed by atoms with van der Waals surface area (Å²) in [5, 5.41) is 0. The summed E-state index contributed by atoms with van der Waals surface area (Å²) >= 11 is 0. The molecule has 3 heteroatoms. The minimum absolute atomic E-state index is 0.0383. The van der Waals surface area contributed by atoms with Gasteiger partial charge in [0, 0.05) is 13.5 Å². The first-order chi connectivity index (χ1) is 8.29. The predicted molar refractivity (Wildman–Crippen MR) is 65.8 cm³/mol. The van der Waals surface area contributed by atoms with Crippen molar-refractivity contribution in [1.82, 2.24) is 0 Å². The van der Waals surface area contributed by atoms with Gasteiger partial charge in [-0.2, -0.15) is 0 Å². The van der Waals surface area contributed by atoms with Crippen molar-refractivity contribution in [3.63, 3.8) is 0 Å². The van der Waals surface area contributed by atoms with Crippen molar-refractivity contribution in [2.45, 2.75) is 38.3 Å². The number of hydrogen-bond donors (Lipinski definition) is 0. The van der Waals surface area contributed by atoms with E-state index < -0.39 is 0 Å². The molecular formula is C14H20O3. The fraction of sp³-hybridized carbons (Fsp3) is 0.571. The van der Waals surface area contributed by atoms with Crippen LogP contribution in [0.1, 0.15) is 18.9 Å². The molecule has 1 aromatic rings. The summed E-state index contributed by atoms with van der Waals surface area (Å²) in [4.78, 5) is 0. The largest absolute Gasteiger partial charge is 0.379 e. The van der Waals surface area contributed by atoms with Gasteiger partial charge in [0.05, 0.1) is 25.4 Å². The molecule has 0 amide bonds. The Morgan fingerprint density at radius 2 is 2.00 bits per heavy atom. The molecule has 1 saturated heterocycles. The normalized spacial score (nSPS) is 29.2. The highest BCUT2D eigenvalue weighted by Crippen LogP contribution is 2.20. The second-order valence-corrected chi connectivity index (χ2v) is 4.49. The molecule has 1 heterocycles. The van der Waals surface area contributed by atoms with Gasteiger partial charge in [0.15, 0.2) is 0 Å². The number of hydrogen-bond acceptors (Lipinski definition) is 3. The second kappa shape index (κ2) is 6.15. The van der Waals surface area contributed by atoms with E-state index in [0.717, 1.165) is 6.42 Å². The van der Waals surface area contributed by atoms with Crippen LogP contribution in [0.5, 0.6) is 0 Å². The average molecular weight is 236 g/mol. The fourth-order valence-corrected chi connectivity index (χ4v) is 2.09. The van der Waals surface area contributed by atoms with Crippen LogP contribution in [0.25, 0.3) is 0 Å². The molecule has 1 fully saturated rings. The van der Waals surface area contributed by atoms with Gasteiger partial charge in [0.2, 0.25) is 0 Å². The predicted octanol–water partition coefficient (Wildman–Crippen LogP) is 2.40. The van der Waals surface area contributed by atoms with Gasteiger partial charge in [-0.3, -0.25) is 0 Å². The minimum Gasteiger partial charge on any atom is -0.379 e. The topological polar surface area (TPSA) is 27.7 Å². The number of methoxy groups -OCH3 is 1. The van der Waals surface area contributed by atoms with Crippen molar-refractivity contribution in [3.8, 4) is 0 Å². The van der Waals surface area contributed by atoms with Crippen LogP contribution in [-0.4, -0.2) is 32.0 Å². The zero-order chi connectivity index (χ0) is 12.1. The SMILES string of the molecule is COC1CC(C)OCC1OCc1ccccc1. The molecule has 0 radical (unpaired) electrons. The van der Waals surface area contributed by atoms with Crippen molar-refractivity contribution in [1.29, 1.82) is 0 Å². The van der Waals surface area contributed by atoms with Crippen LogP contribution in [0.3, 0.4) is 0 Å². The molecular weight excluding hydrogens is 216 g/mol. The Kier molecular flexibility index (Phi) is 4.54. The summed E-state index contributed by atoms with van der Waals surface area (Å²) in [6.45, 7) is 3.30. The molecule has 0 spiro atoms. The summed E-state index contributed by atoms with van der Waals surface area (Å²) < 4.78 is 16.9. The standard InChI is InChI=1S/C14H20O3/c1-11-8-13(15-2)14(10-16-11)17-9-12-6-4-3-5-7-12/h3-7,11,13-14H,8-10H2,1-2H3. The van der Waals surface area contributed by atoms with Crippen LogP contribution >= 0.6 is 0 Å². The van der Waals surface area contributed by atoms with E-state index in [1.165, 1.54) is 5.56 Å². The highest BCUT2D eigenvalue weighted by atomic mass is 16.6. The highest BCUT2D eigenvalue weighted by Gasteiger charge is 2.29. The van der Waals surface area contributed by atoms with E-state index in [-0.39, 0.29) is 18.3 Å². The summed E-state index contributed by atoms with van der Waals surface area (Å²) in [6.07, 6.45) is 1.34. The maximum Gasteiger partial charge on any atom is 0.107 e. The summed E-state index contributed by atoms with van der Waals surface area (Å²) in [6, 6.07) is 10.2. The number of benzene rings is 1. The van der Waals surface area contributed by atoms with Crippen molar-refractivity contribution in [2.75, 3.05) is 13.7 Å². The van der Waals surface area contributed by atoms with Gasteiger partial charge in [-0.05, 0) is 12.5 Å². The second-order valence-electron chi connectivity index (χ2n) is 4.49. The Hall–Kier alpha value is -0.900. The third kappa shape index (κ3) is 3.53. The smallest absolute Gasteiger partial charge is 0.107 e. The van der Waals surface area contributed by atoms with Gasteiger partial charge >= 0.3 is 0 Å². The van der Waals surface area contributed by atoms with Gasteiger partial charge in [0.1, 0.15) is 6.10 Å². The Balaban J connectivity index is 1.85. The van der Waals surface area contributed by atoms with Gasteiger partial charge < -0.3 is 14.2 Å². The van der Waals surface area contributed by atoms with Crippen molar-refractivity contribution in [2.24, 2.45) is 0 Å². The third-order valence-corrected chi connectivity index (χ3v) is 3.13. The lowest BCUT2D eigenvalue weighted by atomic mass is 10.0. The van der Waals surface area contributed by atoms with Gasteiger partial charge in [0.25, 0.3) is 0 Å². The van der Waals surface area contributed by atoms with Crippen molar-refractivity contribution >= 4 is 0 Å². The summed E-state index contributed by atoms with van der Waals surface area (Å²) in [5.74, 6) is 0. The monoisotopic (exact) mass is 236 g/mol. The Labute approximate surface area is 103 Å². The van der Waals surface area contributed by atoms with E-state index in [1.54, 1.807) is 7.11 Å². The lowest BCUT2D eigenvalue weighted by Crippen LogP contribution is -2.43. The molecule has 2 rings (SSSR count). The van der Waals surface area contributed by atoms with E-state index in [9.17, 15) is 0 Å². The summed E-state index contributed by atoms with van der Waals surface area (Å²) in [5.41, 5.74) is 1.18. The zero-order valence-corrected chi connectivity index (χ0v) is 10.5. The molecule has 0 aliphatic carbocycles. The van der Waals surface area contributed by atoms with E-state index >= 15 is 0 Å². The van der Waals surface area contributed by atoms with Crippen molar-refractivity contribution < 1.29 is 14.2 Å². The van der Waals surface area contributed by atoms with Crippen LogP contribution in [0, 0.1) is 0 Å². The fourth-order valence-electron chi connectivity index (χ4n) is 2.09. The molecule has 1 aromatic carbocycles. The molecule has 0 aromatic heterocycles. The summed E-state index contributed by atoms with van der Waals surface area (Å²) in [7, 11) is 1.74. The number of rotatable bonds is 4. The van der Waals surface area contributed by atoms with Crippen LogP contribution in [0.15, 0.2) is 30.3 Å². The molecule has 94 valence electrons. The first-order valence-electron chi connectivity index (χ1n) is 6.09. The molecule has 0 bridgehead atoms. The van der Waals surface area contributed by atoms with Crippen LogP contribution in [0.2, 0.25) is 0 Å². The zero-order valence-electron chi connectivity index (χ0n) is 10.5. The Morgan fingerprint density at radius 3 is 2.71 bits per heavy atom. The van der Waals surface area contributed by atoms with Crippen LogP contribution in [-0.2, 0) is 20.8 Å². The third-order valence-electron chi connectivity index (χ3n) is 3.13. The first-order valence-corrected chi connectivity index (χ1v) is 6.09. The van der Waals surface area contributed by atoms with E-state index in [2.05, 4.69) is 19.1 Å². The molecule has 1 aliphatic heterocycles. The minimum atomic E-state index is 0.0383. The maximum absolute atomic E-state index is 5.87. The quantitative estimate of drug-likeness (QED) is 0.803. The lowest BCUT2D eigenvalue weighted by molar-refractivity contribution is -0.155. The van der Waals surface area contributed by atoms with Gasteiger partial charge in [-0.25, -0.2) is 0 Å². The van der Waals surface area contributed by atoms with E-state index in [1.807, 2.05) is 18.2 Å². The lowest BCUT2D eigenvalue weighted by Gasteiger charge is -2.33. The molecule has 17 heavy (non-hydrogen) atoms. The van der Waals surface area contributed by atoms with Crippen LogP contribution in [0.4, 0.5) is 0 Å². The maximum atomic E-state index is 5.87. The molecule has 3 unspecified atom stereocenters. The van der Waals surface area contributed by atoms with E-state index in [0.29, 0.717) is 13.2 Å². The first kappa shape index (κ1) is 12.6. The average Bonchev–Trinajstić information content (AvgIpc) is 2.38. The molecule has 0 saturated carbocycles. The van der Waals surface area contributed by atoms with Gasteiger partial charge in [-0.1, -0.05) is 30.3 Å². The molecule has 0 N–H and O–H groups in total.